The van der Waals surface area contributed by atoms with Crippen LogP contribution in [0.3, 0.4) is 0 Å². The van der Waals surface area contributed by atoms with E-state index in [2.05, 4.69) is 33.2 Å². The van der Waals surface area contributed by atoms with Crippen molar-refractivity contribution >= 4 is 7.28 Å². The van der Waals surface area contributed by atoms with Crippen molar-refractivity contribution in [3.8, 4) is 12.3 Å². The average Bonchev–Trinajstić information content (AvgIpc) is 2.12. The number of allylic oxidation sites excluding steroid dienone is 5. The van der Waals surface area contributed by atoms with Gasteiger partial charge < -0.3 is 0 Å². The third-order valence-electron chi connectivity index (χ3n) is 2.11. The van der Waals surface area contributed by atoms with Crippen LogP contribution in [0, 0.1) is 12.3 Å². The van der Waals surface area contributed by atoms with Gasteiger partial charge in [0.25, 0.3) is 0 Å². The van der Waals surface area contributed by atoms with Gasteiger partial charge in [0, 0.05) is 5.57 Å². The van der Waals surface area contributed by atoms with Gasteiger partial charge in [-0.25, -0.2) is 0 Å². The van der Waals surface area contributed by atoms with Crippen LogP contribution in [0.4, 0.5) is 0 Å². The van der Waals surface area contributed by atoms with E-state index in [-0.39, 0.29) is 0 Å². The Hall–Kier alpha value is -1.16. The van der Waals surface area contributed by atoms with Crippen molar-refractivity contribution in [1.82, 2.24) is 0 Å². The van der Waals surface area contributed by atoms with E-state index < -0.39 is 0 Å². The molecule has 0 aliphatic carbocycles. The van der Waals surface area contributed by atoms with E-state index in [0.717, 1.165) is 18.3 Å². The van der Waals surface area contributed by atoms with Crippen molar-refractivity contribution in [3.05, 3.63) is 34.8 Å². The van der Waals surface area contributed by atoms with Gasteiger partial charge in [0.1, 0.15) is 0 Å². The third kappa shape index (κ3) is 3.85. The zero-order valence-corrected chi connectivity index (χ0v) is 9.07. The van der Waals surface area contributed by atoms with Crippen LogP contribution in [0.25, 0.3) is 0 Å². The highest BCUT2D eigenvalue weighted by atomic mass is 14.0. The molecule has 0 spiro atoms. The smallest absolute Gasteiger partial charge is 0.115 e. The Morgan fingerprint density at radius 3 is 2.23 bits per heavy atom. The molecule has 0 nitrogen and oxygen atoms in total. The van der Waals surface area contributed by atoms with Gasteiger partial charge in [0.15, 0.2) is 7.28 Å². The molecule has 0 bridgehead atoms. The quantitative estimate of drug-likeness (QED) is 0.348. The van der Waals surface area contributed by atoms with Crippen LogP contribution in [0.1, 0.15) is 20.8 Å². The van der Waals surface area contributed by atoms with E-state index in [4.69, 9.17) is 6.42 Å². The monoisotopic (exact) mass is 172 g/mol. The maximum atomic E-state index is 5.42. The molecule has 0 N–H and O–H groups in total. The van der Waals surface area contributed by atoms with Crippen LogP contribution >= 0.6 is 0 Å². The molecule has 1 heteroatoms. The topological polar surface area (TPSA) is 0 Å². The summed E-state index contributed by atoms with van der Waals surface area (Å²) in [6.07, 6.45) is 7.41. The summed E-state index contributed by atoms with van der Waals surface area (Å²) >= 11 is 0. The molecule has 0 fully saturated rings. The summed E-state index contributed by atoms with van der Waals surface area (Å²) in [5, 5.41) is 0. The first-order valence-corrected chi connectivity index (χ1v) is 4.53. The van der Waals surface area contributed by atoms with Crippen LogP contribution in [0.5, 0.6) is 0 Å². The highest BCUT2D eigenvalue weighted by Crippen LogP contribution is 2.14. The van der Waals surface area contributed by atoms with Gasteiger partial charge in [-0.2, -0.15) is 0 Å². The minimum atomic E-state index is 0.946. The van der Waals surface area contributed by atoms with E-state index >= 15 is 0 Å². The van der Waals surface area contributed by atoms with Gasteiger partial charge in [-0.05, 0) is 26.3 Å². The van der Waals surface area contributed by atoms with Gasteiger partial charge in [0.2, 0.25) is 0 Å². The van der Waals surface area contributed by atoms with E-state index in [1.54, 1.807) is 0 Å². The lowest BCUT2D eigenvalue weighted by Gasteiger charge is -2.03. The Kier molecular flexibility index (Phi) is 5.00. The van der Waals surface area contributed by atoms with Crippen LogP contribution in [-0.4, -0.2) is 7.28 Å². The predicted octanol–water partition coefficient (Wildman–Crippen LogP) is 2.90. The molecular formula is C12H17B. The molecule has 0 aromatic heterocycles. The molecule has 13 heavy (non-hydrogen) atoms. The summed E-state index contributed by atoms with van der Waals surface area (Å²) in [6.45, 7) is 12.2. The van der Waals surface area contributed by atoms with E-state index in [9.17, 15) is 0 Å². The second kappa shape index (κ2) is 5.48. The van der Waals surface area contributed by atoms with Crippen molar-refractivity contribution < 1.29 is 0 Å². The Morgan fingerprint density at radius 2 is 1.92 bits per heavy atom. The molecule has 0 aliphatic heterocycles. The molecular weight excluding hydrogens is 155 g/mol. The normalized spacial score (nSPS) is 10.2. The SMILES string of the molecule is C#C/C(=C/C(=C)BC)C(C)=C(C)C. The molecule has 0 rings (SSSR count). The number of rotatable bonds is 3. The van der Waals surface area contributed by atoms with Gasteiger partial charge in [-0.15, -0.1) is 13.0 Å². The predicted molar refractivity (Wildman–Crippen MR) is 63.1 cm³/mol. The van der Waals surface area contributed by atoms with E-state index in [1.165, 1.54) is 11.1 Å². The van der Waals surface area contributed by atoms with Crippen LogP contribution in [0.2, 0.25) is 6.82 Å². The first kappa shape index (κ1) is 11.8. The maximum Gasteiger partial charge on any atom is 0.153 e. The first-order valence-electron chi connectivity index (χ1n) is 4.53. The molecule has 0 saturated carbocycles. The van der Waals surface area contributed by atoms with Gasteiger partial charge in [0.05, 0.1) is 0 Å². The Morgan fingerprint density at radius 1 is 1.38 bits per heavy atom. The van der Waals surface area contributed by atoms with Crippen LogP contribution < -0.4 is 0 Å². The van der Waals surface area contributed by atoms with Crippen LogP contribution in [0.15, 0.2) is 34.8 Å². The standard InChI is InChI=1S/C12H17B/c1-7-12(8-10(4)13-6)11(5)9(2)3/h1,8,13H,4H2,2-3,5-6H3/b12-8-. The van der Waals surface area contributed by atoms with E-state index in [1.807, 2.05) is 13.0 Å². The number of hydrogen-bond donors (Lipinski definition) is 0. The van der Waals surface area contributed by atoms with Crippen molar-refractivity contribution in [1.29, 1.82) is 0 Å². The number of terminal acetylenes is 1. The Labute approximate surface area is 82.7 Å². The maximum absolute atomic E-state index is 5.42. The zero-order valence-electron chi connectivity index (χ0n) is 9.07. The van der Waals surface area contributed by atoms with Crippen LogP contribution in [-0.2, 0) is 0 Å². The summed E-state index contributed by atoms with van der Waals surface area (Å²) < 4.78 is 0. The minimum absolute atomic E-state index is 0.946. The number of hydrogen-bond acceptors (Lipinski definition) is 0. The Balaban J connectivity index is 4.96. The fraction of sp³-hybridized carbons (Fsp3) is 0.333. The molecule has 0 unspecified atom stereocenters. The van der Waals surface area contributed by atoms with Crippen molar-refractivity contribution in [2.75, 3.05) is 0 Å². The lowest BCUT2D eigenvalue weighted by Crippen LogP contribution is -1.90. The first-order chi connectivity index (χ1) is 6.02. The fourth-order valence-corrected chi connectivity index (χ4v) is 0.834. The fourth-order valence-electron chi connectivity index (χ4n) is 0.834. The second-order valence-electron chi connectivity index (χ2n) is 3.34. The summed E-state index contributed by atoms with van der Waals surface area (Å²) in [6, 6.07) is 0. The summed E-state index contributed by atoms with van der Waals surface area (Å²) in [4.78, 5) is 0. The average molecular weight is 172 g/mol. The lowest BCUT2D eigenvalue weighted by atomic mass is 9.72. The van der Waals surface area contributed by atoms with Gasteiger partial charge >= 0.3 is 0 Å². The molecule has 0 heterocycles. The molecule has 0 amide bonds. The second-order valence-corrected chi connectivity index (χ2v) is 3.34. The largest absolute Gasteiger partial charge is 0.153 e. The van der Waals surface area contributed by atoms with Crippen molar-refractivity contribution in [2.45, 2.75) is 27.6 Å². The zero-order chi connectivity index (χ0) is 10.4. The molecule has 68 valence electrons. The summed E-state index contributed by atoms with van der Waals surface area (Å²) in [5.74, 6) is 2.69. The molecule has 0 saturated heterocycles. The van der Waals surface area contributed by atoms with Gasteiger partial charge in [-0.1, -0.05) is 29.9 Å². The van der Waals surface area contributed by atoms with Crippen molar-refractivity contribution in [3.63, 3.8) is 0 Å². The summed E-state index contributed by atoms with van der Waals surface area (Å²) in [7, 11) is 0.946. The molecule has 0 atom stereocenters. The van der Waals surface area contributed by atoms with Crippen molar-refractivity contribution in [2.24, 2.45) is 0 Å². The lowest BCUT2D eigenvalue weighted by molar-refractivity contribution is 1.27. The molecule has 0 aliphatic rings. The van der Waals surface area contributed by atoms with E-state index in [0.29, 0.717) is 0 Å². The molecule has 0 aromatic rings. The summed E-state index contributed by atoms with van der Waals surface area (Å²) in [5.41, 5.74) is 4.46. The highest BCUT2D eigenvalue weighted by Gasteiger charge is 1.98. The molecule has 0 radical (unpaired) electrons. The molecule has 0 aromatic carbocycles. The van der Waals surface area contributed by atoms with Gasteiger partial charge in [-0.3, -0.25) is 0 Å². The highest BCUT2D eigenvalue weighted by molar-refractivity contribution is 6.44. The minimum Gasteiger partial charge on any atom is -0.115 e. The third-order valence-corrected chi connectivity index (χ3v) is 2.11. The Bertz CT molecular complexity index is 294.